The number of carboxylic acids is 1. The fourth-order valence-corrected chi connectivity index (χ4v) is 2.39. The number of nitrogens with zero attached hydrogens (tertiary/aromatic N) is 1. The molecule has 26 heavy (non-hydrogen) atoms. The number of carbonyl (C=O) groups is 2. The SMILES string of the molecule is [B]c1nc(C(=O)NC([B])([B])C(=O)O)c(O)c([B])c1-c1cc(Cl)ccc1C. The molecule has 0 unspecified atom stereocenters. The summed E-state index contributed by atoms with van der Waals surface area (Å²) in [6.45, 7) is 1.77. The van der Waals surface area contributed by atoms with Crippen LogP contribution in [0.25, 0.3) is 11.1 Å². The Kier molecular flexibility index (Phi) is 5.47. The molecule has 11 heteroatoms. The van der Waals surface area contributed by atoms with Gasteiger partial charge < -0.3 is 15.5 Å². The monoisotopic (exact) mass is 360 g/mol. The number of aryl methyl sites for hydroxylation is 1. The van der Waals surface area contributed by atoms with Crippen molar-refractivity contribution >= 4 is 65.9 Å². The van der Waals surface area contributed by atoms with Crippen LogP contribution in [-0.2, 0) is 4.79 Å². The van der Waals surface area contributed by atoms with E-state index < -0.39 is 28.7 Å². The van der Waals surface area contributed by atoms with Crippen LogP contribution in [0.1, 0.15) is 16.1 Å². The molecule has 2 aromatic rings. The molecule has 2 rings (SSSR count). The molecule has 1 heterocycles. The van der Waals surface area contributed by atoms with E-state index in [4.69, 9.17) is 48.1 Å². The van der Waals surface area contributed by atoms with E-state index in [1.54, 1.807) is 25.1 Å². The number of pyridine rings is 1. The van der Waals surface area contributed by atoms with Crippen LogP contribution in [-0.4, -0.2) is 63.8 Å². The summed E-state index contributed by atoms with van der Waals surface area (Å²) in [5, 5.41) is 18.8. The predicted molar refractivity (Wildman–Crippen MR) is 101 cm³/mol. The maximum Gasteiger partial charge on any atom is 0.310 e. The largest absolute Gasteiger partial charge is 0.506 e. The highest BCUT2D eigenvalue weighted by Crippen LogP contribution is 2.26. The number of carboxylic acid groups (broad SMARTS) is 1. The maximum absolute atomic E-state index is 12.2. The Bertz CT molecular complexity index is 921. The molecule has 1 amide bonds. The zero-order valence-electron chi connectivity index (χ0n) is 13.6. The van der Waals surface area contributed by atoms with Crippen LogP contribution < -0.4 is 16.4 Å². The van der Waals surface area contributed by atoms with Gasteiger partial charge in [-0.25, -0.2) is 0 Å². The van der Waals surface area contributed by atoms with Crippen LogP contribution in [0.15, 0.2) is 18.2 Å². The number of hydrogen-bond acceptors (Lipinski definition) is 4. The standard InChI is InChI=1S/C15H9B4ClN2O4/c1-5-2-3-6(20)4-7(5)8-9(16)11(23)10(21-12(8)17)13(24)22-15(18,19)14(25)26/h2-4,23H,1H3,(H,22,24)(H,25,26). The van der Waals surface area contributed by atoms with E-state index in [9.17, 15) is 14.7 Å². The van der Waals surface area contributed by atoms with Gasteiger partial charge in [-0.1, -0.05) is 17.7 Å². The van der Waals surface area contributed by atoms with Gasteiger partial charge >= 0.3 is 5.97 Å². The minimum Gasteiger partial charge on any atom is -0.506 e. The number of aromatic nitrogens is 1. The average Bonchev–Trinajstić information content (AvgIpc) is 2.53. The van der Waals surface area contributed by atoms with Gasteiger partial charge in [-0.2, -0.15) is 0 Å². The molecule has 0 fully saturated rings. The van der Waals surface area contributed by atoms with Gasteiger partial charge in [-0.3, -0.25) is 14.6 Å². The topological polar surface area (TPSA) is 99.5 Å². The second kappa shape index (κ2) is 7.11. The van der Waals surface area contributed by atoms with Crippen LogP contribution >= 0.6 is 11.6 Å². The fraction of sp³-hybridized carbons (Fsp3) is 0.133. The van der Waals surface area contributed by atoms with E-state index in [0.29, 0.717) is 10.6 Å². The fourth-order valence-electron chi connectivity index (χ4n) is 2.22. The van der Waals surface area contributed by atoms with E-state index >= 15 is 0 Å². The summed E-state index contributed by atoms with van der Waals surface area (Å²) in [5.41, 5.74) is 0.419. The van der Waals surface area contributed by atoms with Crippen LogP contribution in [0, 0.1) is 6.92 Å². The summed E-state index contributed by atoms with van der Waals surface area (Å²) in [4.78, 5) is 26.9. The van der Waals surface area contributed by atoms with Crippen LogP contribution in [0.5, 0.6) is 5.75 Å². The molecule has 0 saturated carbocycles. The smallest absolute Gasteiger partial charge is 0.310 e. The third-order valence-electron chi connectivity index (χ3n) is 3.60. The van der Waals surface area contributed by atoms with Crippen molar-refractivity contribution in [3.8, 4) is 16.9 Å². The molecule has 1 aromatic carbocycles. The summed E-state index contributed by atoms with van der Waals surface area (Å²) in [5.74, 6) is -3.56. The Hall–Kier alpha value is -2.34. The molecule has 0 saturated heterocycles. The van der Waals surface area contributed by atoms with Gasteiger partial charge in [0, 0.05) is 5.02 Å². The zero-order chi connectivity index (χ0) is 19.8. The van der Waals surface area contributed by atoms with Gasteiger partial charge in [-0.05, 0) is 46.8 Å². The lowest BCUT2D eigenvalue weighted by atomic mass is 9.62. The first-order valence-electron chi connectivity index (χ1n) is 7.13. The summed E-state index contributed by atoms with van der Waals surface area (Å²) in [6, 6.07) is 4.96. The molecule has 0 aliphatic rings. The van der Waals surface area contributed by atoms with E-state index in [2.05, 4.69) is 4.98 Å². The lowest BCUT2D eigenvalue weighted by Crippen LogP contribution is -2.56. The van der Waals surface area contributed by atoms with Gasteiger partial charge in [0.1, 0.15) is 37.1 Å². The van der Waals surface area contributed by atoms with Crippen LogP contribution in [0.3, 0.4) is 0 Å². The van der Waals surface area contributed by atoms with Crippen molar-refractivity contribution in [1.29, 1.82) is 0 Å². The summed E-state index contributed by atoms with van der Waals surface area (Å²) >= 11 is 5.98. The Balaban J connectivity index is 2.57. The number of rotatable bonds is 4. The molecular weight excluding hydrogens is 351 g/mol. The molecule has 6 nitrogen and oxygen atoms in total. The number of nitrogens with one attached hydrogen (secondary N) is 1. The quantitative estimate of drug-likeness (QED) is 0.596. The maximum atomic E-state index is 12.2. The lowest BCUT2D eigenvalue weighted by Gasteiger charge is -2.23. The second-order valence-electron chi connectivity index (χ2n) is 5.57. The van der Waals surface area contributed by atoms with Gasteiger partial charge in [-0.15, -0.1) is 0 Å². The number of hydrogen-bond donors (Lipinski definition) is 3. The summed E-state index contributed by atoms with van der Waals surface area (Å²) < 4.78 is 0. The van der Waals surface area contributed by atoms with Crippen molar-refractivity contribution in [1.82, 2.24) is 10.3 Å². The summed E-state index contributed by atoms with van der Waals surface area (Å²) in [7, 11) is 22.3. The number of aromatic hydroxyl groups is 1. The minimum atomic E-state index is -2.57. The molecule has 0 spiro atoms. The summed E-state index contributed by atoms with van der Waals surface area (Å²) in [6.07, 6.45) is 0. The Labute approximate surface area is 160 Å². The van der Waals surface area contributed by atoms with Gasteiger partial charge in [0.2, 0.25) is 0 Å². The molecule has 8 radical (unpaired) electrons. The first kappa shape index (κ1) is 20.0. The predicted octanol–water partition coefficient (Wildman–Crippen LogP) is -1.19. The van der Waals surface area contributed by atoms with Crippen molar-refractivity contribution in [2.45, 2.75) is 12.3 Å². The Morgan fingerprint density at radius 2 is 1.88 bits per heavy atom. The van der Waals surface area contributed by atoms with E-state index in [0.717, 1.165) is 5.56 Å². The first-order chi connectivity index (χ1) is 12.0. The van der Waals surface area contributed by atoms with Crippen molar-refractivity contribution in [2.24, 2.45) is 0 Å². The van der Waals surface area contributed by atoms with E-state index in [1.807, 2.05) is 5.32 Å². The van der Waals surface area contributed by atoms with Gasteiger partial charge in [0.05, 0.1) is 5.34 Å². The van der Waals surface area contributed by atoms with Crippen molar-refractivity contribution in [3.05, 3.63) is 34.5 Å². The van der Waals surface area contributed by atoms with Crippen LogP contribution in [0.2, 0.25) is 5.02 Å². The molecular formula is C15H9B4ClN2O4. The molecule has 3 N–H and O–H groups in total. The second-order valence-corrected chi connectivity index (χ2v) is 6.01. The number of amides is 1. The molecule has 122 valence electrons. The minimum absolute atomic E-state index is 0.175. The average molecular weight is 360 g/mol. The Morgan fingerprint density at radius 1 is 1.27 bits per heavy atom. The van der Waals surface area contributed by atoms with Crippen molar-refractivity contribution in [2.75, 3.05) is 0 Å². The van der Waals surface area contributed by atoms with Gasteiger partial charge in [0.15, 0.2) is 5.69 Å². The molecule has 1 aromatic heterocycles. The normalized spacial score (nSPS) is 11.2. The number of halogens is 1. The highest BCUT2D eigenvalue weighted by molar-refractivity contribution is 6.51. The van der Waals surface area contributed by atoms with Crippen LogP contribution in [0.4, 0.5) is 0 Å². The zero-order valence-corrected chi connectivity index (χ0v) is 14.3. The Morgan fingerprint density at radius 3 is 2.46 bits per heavy atom. The molecule has 0 bridgehead atoms. The lowest BCUT2D eigenvalue weighted by molar-refractivity contribution is -0.138. The highest BCUT2D eigenvalue weighted by atomic mass is 35.5. The molecule has 0 aliphatic heterocycles. The first-order valence-corrected chi connectivity index (χ1v) is 7.51. The number of aliphatic carboxylic acids is 1. The molecule has 0 atom stereocenters. The van der Waals surface area contributed by atoms with Crippen molar-refractivity contribution < 1.29 is 19.8 Å². The highest BCUT2D eigenvalue weighted by Gasteiger charge is 2.30. The number of benzene rings is 1. The molecule has 0 aliphatic carbocycles. The third-order valence-corrected chi connectivity index (χ3v) is 3.83. The van der Waals surface area contributed by atoms with Crippen molar-refractivity contribution in [3.63, 3.8) is 0 Å². The third kappa shape index (κ3) is 3.75. The van der Waals surface area contributed by atoms with E-state index in [-0.39, 0.29) is 16.6 Å². The number of carbonyl (C=O) groups excluding carboxylic acids is 1. The van der Waals surface area contributed by atoms with Gasteiger partial charge in [0.25, 0.3) is 5.91 Å². The van der Waals surface area contributed by atoms with E-state index in [1.165, 1.54) is 0 Å².